The summed E-state index contributed by atoms with van der Waals surface area (Å²) in [5.74, 6) is 1.34. The molecule has 0 radical (unpaired) electrons. The minimum absolute atomic E-state index is 0.0782. The summed E-state index contributed by atoms with van der Waals surface area (Å²) in [5, 5.41) is 21.0. The van der Waals surface area contributed by atoms with E-state index in [2.05, 4.69) is 10.2 Å². The predicted octanol–water partition coefficient (Wildman–Crippen LogP) is 5.79. The van der Waals surface area contributed by atoms with Crippen LogP contribution < -0.4 is 0 Å². The highest BCUT2D eigenvalue weighted by molar-refractivity contribution is 7.98. The molecule has 144 valence electrons. The highest BCUT2D eigenvalue weighted by atomic mass is 35.5. The normalized spacial score (nSPS) is 10.8. The van der Waals surface area contributed by atoms with Gasteiger partial charge in [-0.15, -0.1) is 10.2 Å². The molecule has 0 unspecified atom stereocenters. The lowest BCUT2D eigenvalue weighted by molar-refractivity contribution is -0.384. The smallest absolute Gasteiger partial charge is 0.269 e. The fraction of sp³-hybridized carbons (Fsp3) is 0.0476. The maximum absolute atomic E-state index is 10.8. The van der Waals surface area contributed by atoms with Gasteiger partial charge in [0.25, 0.3) is 5.69 Å². The molecule has 0 saturated carbocycles. The van der Waals surface area contributed by atoms with Crippen LogP contribution in [-0.2, 0) is 5.75 Å². The fourth-order valence-electron chi connectivity index (χ4n) is 2.82. The maximum atomic E-state index is 10.8. The molecule has 0 aliphatic heterocycles. The lowest BCUT2D eigenvalue weighted by atomic mass is 10.2. The van der Waals surface area contributed by atoms with Crippen LogP contribution in [0.2, 0.25) is 5.02 Å². The molecule has 4 aromatic rings. The zero-order chi connectivity index (χ0) is 20.2. The number of nitrogens with zero attached hydrogens (tertiary/aromatic N) is 4. The first-order chi connectivity index (χ1) is 14.1. The first-order valence-corrected chi connectivity index (χ1v) is 10.1. The molecule has 6 nitrogen and oxygen atoms in total. The molecule has 0 spiro atoms. The van der Waals surface area contributed by atoms with Crippen molar-refractivity contribution in [2.24, 2.45) is 0 Å². The van der Waals surface area contributed by atoms with Gasteiger partial charge in [0.15, 0.2) is 11.0 Å². The Hall–Kier alpha value is -3.16. The monoisotopic (exact) mass is 422 g/mol. The number of thioether (sulfide) groups is 1. The van der Waals surface area contributed by atoms with Crippen molar-refractivity contribution in [3.05, 3.63) is 99.6 Å². The summed E-state index contributed by atoms with van der Waals surface area (Å²) in [6, 6.07) is 23.9. The molecule has 29 heavy (non-hydrogen) atoms. The predicted molar refractivity (Wildman–Crippen MR) is 114 cm³/mol. The third-order valence-electron chi connectivity index (χ3n) is 4.27. The van der Waals surface area contributed by atoms with Crippen molar-refractivity contribution >= 4 is 29.1 Å². The average Bonchev–Trinajstić information content (AvgIpc) is 3.17. The summed E-state index contributed by atoms with van der Waals surface area (Å²) in [5.41, 5.74) is 2.91. The van der Waals surface area contributed by atoms with Crippen LogP contribution in [0.4, 0.5) is 5.69 Å². The van der Waals surface area contributed by atoms with Crippen LogP contribution in [0.3, 0.4) is 0 Å². The SMILES string of the molecule is O=[N+]([O-])c1ccc(CSc2nnc(-c3ccccc3)n2-c2ccc(Cl)cc2)cc1. The third-order valence-corrected chi connectivity index (χ3v) is 5.52. The van der Waals surface area contributed by atoms with E-state index in [0.717, 1.165) is 27.8 Å². The number of halogens is 1. The van der Waals surface area contributed by atoms with Gasteiger partial charge in [-0.1, -0.05) is 65.8 Å². The van der Waals surface area contributed by atoms with Crippen molar-refractivity contribution < 1.29 is 4.92 Å². The zero-order valence-corrected chi connectivity index (χ0v) is 16.7. The van der Waals surface area contributed by atoms with Crippen molar-refractivity contribution in [3.63, 3.8) is 0 Å². The second kappa shape index (κ2) is 8.46. The molecule has 4 rings (SSSR count). The number of nitro benzene ring substituents is 1. The van der Waals surface area contributed by atoms with E-state index in [9.17, 15) is 10.1 Å². The van der Waals surface area contributed by atoms with Gasteiger partial charge in [0.2, 0.25) is 0 Å². The Morgan fingerprint density at radius 1 is 0.931 bits per heavy atom. The van der Waals surface area contributed by atoms with Crippen LogP contribution in [0.15, 0.2) is 84.0 Å². The first-order valence-electron chi connectivity index (χ1n) is 8.75. The van der Waals surface area contributed by atoms with Gasteiger partial charge >= 0.3 is 0 Å². The van der Waals surface area contributed by atoms with Gasteiger partial charge in [-0.25, -0.2) is 0 Å². The quantitative estimate of drug-likeness (QED) is 0.223. The summed E-state index contributed by atoms with van der Waals surface area (Å²) in [6.07, 6.45) is 0. The second-order valence-electron chi connectivity index (χ2n) is 6.20. The number of aromatic nitrogens is 3. The Bertz CT molecular complexity index is 1130. The maximum Gasteiger partial charge on any atom is 0.269 e. The van der Waals surface area contributed by atoms with Crippen molar-refractivity contribution in [1.82, 2.24) is 14.8 Å². The molecular weight excluding hydrogens is 408 g/mol. The van der Waals surface area contributed by atoms with Gasteiger partial charge in [0.1, 0.15) is 0 Å². The van der Waals surface area contributed by atoms with E-state index in [1.54, 1.807) is 12.1 Å². The number of non-ortho nitro benzene ring substituents is 1. The molecule has 1 heterocycles. The number of rotatable bonds is 6. The Balaban J connectivity index is 1.67. The number of benzene rings is 3. The van der Waals surface area contributed by atoms with Crippen LogP contribution in [0.5, 0.6) is 0 Å². The van der Waals surface area contributed by atoms with E-state index in [-0.39, 0.29) is 5.69 Å². The summed E-state index contributed by atoms with van der Waals surface area (Å²) in [6.45, 7) is 0. The number of hydrogen-bond donors (Lipinski definition) is 0. The van der Waals surface area contributed by atoms with Crippen molar-refractivity contribution in [1.29, 1.82) is 0 Å². The lowest BCUT2D eigenvalue weighted by Crippen LogP contribution is -1.99. The Kier molecular flexibility index (Phi) is 5.59. The van der Waals surface area contributed by atoms with Gasteiger partial charge in [-0.2, -0.15) is 0 Å². The van der Waals surface area contributed by atoms with Gasteiger partial charge < -0.3 is 0 Å². The Labute approximate surface area is 176 Å². The third kappa shape index (κ3) is 4.31. The van der Waals surface area contributed by atoms with E-state index in [1.807, 2.05) is 59.2 Å². The van der Waals surface area contributed by atoms with E-state index < -0.39 is 4.92 Å². The van der Waals surface area contributed by atoms with Gasteiger partial charge in [-0.05, 0) is 29.8 Å². The minimum Gasteiger partial charge on any atom is -0.270 e. The molecule has 8 heteroatoms. The van der Waals surface area contributed by atoms with E-state index in [0.29, 0.717) is 10.8 Å². The average molecular weight is 423 g/mol. The number of nitro groups is 1. The highest BCUT2D eigenvalue weighted by Crippen LogP contribution is 2.30. The molecule has 0 aliphatic rings. The summed E-state index contributed by atoms with van der Waals surface area (Å²) in [4.78, 5) is 10.4. The molecule has 1 aromatic heterocycles. The molecule has 0 atom stereocenters. The van der Waals surface area contributed by atoms with Crippen LogP contribution >= 0.6 is 23.4 Å². The van der Waals surface area contributed by atoms with Crippen LogP contribution in [0, 0.1) is 10.1 Å². The largest absolute Gasteiger partial charge is 0.270 e. The van der Waals surface area contributed by atoms with E-state index in [4.69, 9.17) is 11.6 Å². The van der Waals surface area contributed by atoms with Crippen LogP contribution in [-0.4, -0.2) is 19.7 Å². The zero-order valence-electron chi connectivity index (χ0n) is 15.1. The first kappa shape index (κ1) is 19.2. The van der Waals surface area contributed by atoms with Crippen molar-refractivity contribution in [2.75, 3.05) is 0 Å². The standard InChI is InChI=1S/C21H15ClN4O2S/c22-17-8-12-18(13-9-17)25-20(16-4-2-1-3-5-16)23-24-21(25)29-14-15-6-10-19(11-7-15)26(27)28/h1-13H,14H2. The topological polar surface area (TPSA) is 73.8 Å². The van der Waals surface area contributed by atoms with Gasteiger partial charge in [0, 0.05) is 34.2 Å². The molecule has 0 fully saturated rings. The number of hydrogen-bond acceptors (Lipinski definition) is 5. The molecule has 3 aromatic carbocycles. The van der Waals surface area contributed by atoms with Crippen LogP contribution in [0.25, 0.3) is 17.1 Å². The Morgan fingerprint density at radius 3 is 2.28 bits per heavy atom. The van der Waals surface area contributed by atoms with Gasteiger partial charge in [-0.3, -0.25) is 14.7 Å². The summed E-state index contributed by atoms with van der Waals surface area (Å²) < 4.78 is 1.99. The molecule has 0 bridgehead atoms. The molecule has 0 saturated heterocycles. The van der Waals surface area contributed by atoms with Gasteiger partial charge in [0.05, 0.1) is 4.92 Å². The van der Waals surface area contributed by atoms with Crippen LogP contribution in [0.1, 0.15) is 5.56 Å². The molecule has 0 amide bonds. The summed E-state index contributed by atoms with van der Waals surface area (Å²) in [7, 11) is 0. The Morgan fingerprint density at radius 2 is 1.62 bits per heavy atom. The minimum atomic E-state index is -0.403. The molecule has 0 N–H and O–H groups in total. The second-order valence-corrected chi connectivity index (χ2v) is 7.58. The van der Waals surface area contributed by atoms with E-state index >= 15 is 0 Å². The fourth-order valence-corrected chi connectivity index (χ4v) is 3.86. The highest BCUT2D eigenvalue weighted by Gasteiger charge is 2.16. The van der Waals surface area contributed by atoms with Crippen molar-refractivity contribution in [3.8, 4) is 17.1 Å². The van der Waals surface area contributed by atoms with E-state index in [1.165, 1.54) is 23.9 Å². The lowest BCUT2D eigenvalue weighted by Gasteiger charge is -2.10. The summed E-state index contributed by atoms with van der Waals surface area (Å²) >= 11 is 7.57. The molecular formula is C21H15ClN4O2S. The van der Waals surface area contributed by atoms with Crippen molar-refractivity contribution in [2.45, 2.75) is 10.9 Å². The molecule has 0 aliphatic carbocycles.